The maximum Gasteiger partial charge on any atom is 0.112 e. The molecule has 0 aromatic carbocycles. The van der Waals surface area contributed by atoms with Crippen molar-refractivity contribution < 1.29 is 0 Å². The Morgan fingerprint density at radius 2 is 2.25 bits per heavy atom. The van der Waals surface area contributed by atoms with Gasteiger partial charge in [0.05, 0.1) is 0 Å². The smallest absolute Gasteiger partial charge is 0.112 e. The first kappa shape index (κ1) is 13.0. The van der Waals surface area contributed by atoms with Crippen molar-refractivity contribution in [1.82, 2.24) is 14.9 Å². The zero-order chi connectivity index (χ0) is 11.6. The fourth-order valence-electron chi connectivity index (χ4n) is 1.64. The quantitative estimate of drug-likeness (QED) is 0.539. The van der Waals surface area contributed by atoms with E-state index in [1.54, 1.807) is 0 Å². The van der Waals surface area contributed by atoms with Crippen LogP contribution in [0.5, 0.6) is 0 Å². The number of allylic oxidation sites excluding steroid dienone is 1. The van der Waals surface area contributed by atoms with Crippen LogP contribution < -0.4 is 5.32 Å². The van der Waals surface area contributed by atoms with Gasteiger partial charge in [-0.25, -0.2) is 4.98 Å². The van der Waals surface area contributed by atoms with Gasteiger partial charge in [0.1, 0.15) is 5.82 Å². The first-order valence-electron chi connectivity index (χ1n) is 6.24. The molecular weight excluding hydrogens is 198 g/mol. The molecule has 3 nitrogen and oxygen atoms in total. The van der Waals surface area contributed by atoms with Crippen LogP contribution in [0.15, 0.2) is 24.5 Å². The number of aromatic nitrogens is 2. The van der Waals surface area contributed by atoms with Crippen molar-refractivity contribution in [1.29, 1.82) is 0 Å². The number of rotatable bonds is 8. The van der Waals surface area contributed by atoms with Gasteiger partial charge in [0, 0.05) is 25.4 Å². The van der Waals surface area contributed by atoms with Gasteiger partial charge in [-0.1, -0.05) is 26.0 Å². The molecular formula is C13H23N3. The molecule has 1 rings (SSSR count). The highest BCUT2D eigenvalue weighted by atomic mass is 15.1. The minimum absolute atomic E-state index is 0.944. The lowest BCUT2D eigenvalue weighted by atomic mass is 10.3. The molecule has 1 heterocycles. The Hall–Kier alpha value is -1.09. The fourth-order valence-corrected chi connectivity index (χ4v) is 1.64. The van der Waals surface area contributed by atoms with Gasteiger partial charge in [0.2, 0.25) is 0 Å². The van der Waals surface area contributed by atoms with Crippen molar-refractivity contribution in [2.75, 3.05) is 13.1 Å². The van der Waals surface area contributed by atoms with Crippen molar-refractivity contribution in [2.45, 2.75) is 39.7 Å². The molecule has 1 aromatic heterocycles. The van der Waals surface area contributed by atoms with E-state index in [1.807, 2.05) is 6.20 Å². The van der Waals surface area contributed by atoms with Crippen LogP contribution in [0.25, 0.3) is 0 Å². The van der Waals surface area contributed by atoms with Gasteiger partial charge in [0.25, 0.3) is 0 Å². The zero-order valence-electron chi connectivity index (χ0n) is 10.4. The lowest BCUT2D eigenvalue weighted by Gasteiger charge is -2.03. The third kappa shape index (κ3) is 4.62. The molecule has 3 heteroatoms. The normalized spacial score (nSPS) is 11.4. The van der Waals surface area contributed by atoms with Crippen LogP contribution in [0.2, 0.25) is 0 Å². The molecule has 0 amide bonds. The first-order chi connectivity index (χ1) is 7.88. The van der Waals surface area contributed by atoms with Crippen LogP contribution >= 0.6 is 0 Å². The molecule has 0 unspecified atom stereocenters. The molecule has 0 aliphatic rings. The van der Waals surface area contributed by atoms with Crippen LogP contribution in [-0.4, -0.2) is 22.6 Å². The van der Waals surface area contributed by atoms with E-state index in [9.17, 15) is 0 Å². The standard InChI is InChI=1S/C13H23N3/c1-3-11-16-12-10-15-13(16)8-6-5-7-9-14-4-2/h5-6,10,12,14H,3-4,7-9,11H2,1-2H3. The highest BCUT2D eigenvalue weighted by Gasteiger charge is 1.98. The predicted molar refractivity (Wildman–Crippen MR) is 68.5 cm³/mol. The Labute approximate surface area is 98.6 Å². The second-order valence-corrected chi connectivity index (χ2v) is 3.85. The Bertz CT molecular complexity index is 302. The van der Waals surface area contributed by atoms with E-state index < -0.39 is 0 Å². The average Bonchev–Trinajstić information content (AvgIpc) is 2.72. The van der Waals surface area contributed by atoms with Gasteiger partial charge < -0.3 is 9.88 Å². The average molecular weight is 221 g/mol. The summed E-state index contributed by atoms with van der Waals surface area (Å²) >= 11 is 0. The van der Waals surface area contributed by atoms with Crippen LogP contribution in [0.1, 0.15) is 32.5 Å². The monoisotopic (exact) mass is 221 g/mol. The van der Waals surface area contributed by atoms with E-state index in [2.05, 4.69) is 47.1 Å². The molecule has 0 bridgehead atoms. The number of hydrogen-bond acceptors (Lipinski definition) is 2. The van der Waals surface area contributed by atoms with E-state index >= 15 is 0 Å². The molecule has 90 valence electrons. The fraction of sp³-hybridized carbons (Fsp3) is 0.615. The van der Waals surface area contributed by atoms with Crippen LogP contribution in [0.3, 0.4) is 0 Å². The van der Waals surface area contributed by atoms with Gasteiger partial charge in [-0.05, 0) is 25.9 Å². The summed E-state index contributed by atoms with van der Waals surface area (Å²) in [6, 6.07) is 0. The largest absolute Gasteiger partial charge is 0.335 e. The van der Waals surface area contributed by atoms with Gasteiger partial charge in [0.15, 0.2) is 0 Å². The van der Waals surface area contributed by atoms with Crippen molar-refractivity contribution in [3.05, 3.63) is 30.4 Å². The summed E-state index contributed by atoms with van der Waals surface area (Å²) in [5, 5.41) is 3.30. The minimum Gasteiger partial charge on any atom is -0.335 e. The topological polar surface area (TPSA) is 29.9 Å². The lowest BCUT2D eigenvalue weighted by Crippen LogP contribution is -2.12. The molecule has 0 spiro atoms. The van der Waals surface area contributed by atoms with Gasteiger partial charge in [-0.2, -0.15) is 0 Å². The molecule has 0 fully saturated rings. The Kier molecular flexibility index (Phi) is 6.58. The molecule has 1 N–H and O–H groups in total. The molecule has 0 atom stereocenters. The molecule has 1 aromatic rings. The first-order valence-corrected chi connectivity index (χ1v) is 6.24. The molecule has 0 aliphatic heterocycles. The summed E-state index contributed by atoms with van der Waals surface area (Å²) in [5.41, 5.74) is 0. The van der Waals surface area contributed by atoms with Crippen LogP contribution in [0, 0.1) is 0 Å². The highest BCUT2D eigenvalue weighted by molar-refractivity contribution is 4.99. The summed E-state index contributed by atoms with van der Waals surface area (Å²) in [7, 11) is 0. The van der Waals surface area contributed by atoms with Crippen molar-refractivity contribution in [3.8, 4) is 0 Å². The molecule has 0 radical (unpaired) electrons. The Morgan fingerprint density at radius 3 is 3.00 bits per heavy atom. The summed E-state index contributed by atoms with van der Waals surface area (Å²) in [4.78, 5) is 4.36. The number of imidazole rings is 1. The summed E-state index contributed by atoms with van der Waals surface area (Å²) in [5.74, 6) is 1.17. The number of nitrogens with zero attached hydrogens (tertiary/aromatic N) is 2. The third-order valence-corrected chi connectivity index (χ3v) is 2.47. The third-order valence-electron chi connectivity index (χ3n) is 2.47. The predicted octanol–water partition coefficient (Wildman–Crippen LogP) is 2.39. The Balaban J connectivity index is 2.27. The van der Waals surface area contributed by atoms with Crippen molar-refractivity contribution in [2.24, 2.45) is 0 Å². The SMILES string of the molecule is CCCn1ccnc1CC=CCCNCC. The van der Waals surface area contributed by atoms with E-state index in [4.69, 9.17) is 0 Å². The number of aryl methyl sites for hydroxylation is 1. The minimum atomic E-state index is 0.944. The van der Waals surface area contributed by atoms with E-state index in [0.29, 0.717) is 0 Å². The van der Waals surface area contributed by atoms with Gasteiger partial charge in [-0.15, -0.1) is 0 Å². The molecule has 0 saturated carbocycles. The second kappa shape index (κ2) is 8.11. The van der Waals surface area contributed by atoms with Crippen LogP contribution in [-0.2, 0) is 13.0 Å². The lowest BCUT2D eigenvalue weighted by molar-refractivity contribution is 0.648. The number of nitrogens with one attached hydrogen (secondary N) is 1. The van der Waals surface area contributed by atoms with Crippen molar-refractivity contribution >= 4 is 0 Å². The molecule has 0 aliphatic carbocycles. The summed E-state index contributed by atoms with van der Waals surface area (Å²) in [6.45, 7) is 7.51. The van der Waals surface area contributed by atoms with E-state index in [-0.39, 0.29) is 0 Å². The molecule has 16 heavy (non-hydrogen) atoms. The second-order valence-electron chi connectivity index (χ2n) is 3.85. The van der Waals surface area contributed by atoms with Gasteiger partial charge >= 0.3 is 0 Å². The Morgan fingerprint density at radius 1 is 1.38 bits per heavy atom. The molecule has 0 saturated heterocycles. The zero-order valence-corrected chi connectivity index (χ0v) is 10.4. The maximum absolute atomic E-state index is 4.36. The summed E-state index contributed by atoms with van der Waals surface area (Å²) < 4.78 is 2.23. The highest BCUT2D eigenvalue weighted by Crippen LogP contribution is 2.01. The van der Waals surface area contributed by atoms with E-state index in [0.717, 1.165) is 38.9 Å². The van der Waals surface area contributed by atoms with Crippen LogP contribution in [0.4, 0.5) is 0 Å². The van der Waals surface area contributed by atoms with Crippen molar-refractivity contribution in [3.63, 3.8) is 0 Å². The number of hydrogen-bond donors (Lipinski definition) is 1. The van der Waals surface area contributed by atoms with Gasteiger partial charge in [-0.3, -0.25) is 0 Å². The summed E-state index contributed by atoms with van der Waals surface area (Å²) in [6.07, 6.45) is 11.6. The van der Waals surface area contributed by atoms with E-state index in [1.165, 1.54) is 5.82 Å². The maximum atomic E-state index is 4.36.